The Hall–Kier alpha value is 0.278. The van der Waals surface area contributed by atoms with Gasteiger partial charge in [-0.05, 0) is 0 Å². The average Bonchev–Trinajstić information content (AvgIpc) is 2.59. The van der Waals surface area contributed by atoms with Crippen LogP contribution in [0.2, 0.25) is 0 Å². The van der Waals surface area contributed by atoms with Gasteiger partial charge in [0.2, 0.25) is 0 Å². The number of nitrogens with one attached hydrogen (secondary N) is 1. The Labute approximate surface area is 84.2 Å². The average molecular weight is 259 g/mol. The third kappa shape index (κ3) is 2.38. The van der Waals surface area contributed by atoms with Gasteiger partial charge in [-0.3, -0.25) is 0 Å². The molecule has 0 atom stereocenters. The Bertz CT molecular complexity index is 236. The summed E-state index contributed by atoms with van der Waals surface area (Å²) in [7, 11) is 4.27. The van der Waals surface area contributed by atoms with Crippen molar-refractivity contribution in [1.29, 1.82) is 0 Å². The third-order valence-corrected chi connectivity index (χ3v) is 13.4. The topological polar surface area (TPSA) is 12.0 Å². The van der Waals surface area contributed by atoms with E-state index in [2.05, 4.69) is 54.6 Å². The number of benzene rings is 1. The molecule has 1 aliphatic heterocycles. The zero-order chi connectivity index (χ0) is 8.23. The van der Waals surface area contributed by atoms with Gasteiger partial charge >= 0.3 is 84.4 Å². The first-order valence-electron chi connectivity index (χ1n) is 3.83. The van der Waals surface area contributed by atoms with Crippen LogP contribution in [-0.2, 0) is 0 Å². The second-order valence-corrected chi connectivity index (χ2v) is 13.5. The molecule has 1 N–H and O–H groups in total. The zero-order valence-electron chi connectivity index (χ0n) is 6.56. The molecule has 0 unspecified atom stereocenters. The van der Waals surface area contributed by atoms with E-state index in [1.54, 1.807) is 0 Å². The molecule has 0 amide bonds. The Morgan fingerprint density at radius 2 is 1.75 bits per heavy atom. The molecule has 1 aliphatic rings. The molecule has 0 radical (unpaired) electrons. The summed E-state index contributed by atoms with van der Waals surface area (Å²) in [6.07, 6.45) is 0. The maximum atomic E-state index is 3.61. The normalized spacial score (nSPS) is 18.0. The summed E-state index contributed by atoms with van der Waals surface area (Å²) in [6.45, 7) is 0. The molecule has 12 heavy (non-hydrogen) atoms. The Morgan fingerprint density at radius 3 is 2.42 bits per heavy atom. The molecule has 1 heterocycles. The molecule has 0 aliphatic carbocycles. The summed E-state index contributed by atoms with van der Waals surface area (Å²) in [5.41, 5.74) is 1.29. The monoisotopic (exact) mass is 259 g/mol. The van der Waals surface area contributed by atoms with Crippen molar-refractivity contribution >= 4 is 38.3 Å². The van der Waals surface area contributed by atoms with E-state index in [0.717, 1.165) is 0 Å². The van der Waals surface area contributed by atoms with Gasteiger partial charge in [-0.1, -0.05) is 0 Å². The number of hydrogen-bond acceptors (Lipinski definition) is 3. The van der Waals surface area contributed by atoms with E-state index in [-0.39, 0.29) is 0 Å². The van der Waals surface area contributed by atoms with Crippen molar-refractivity contribution in [2.75, 3.05) is 15.7 Å². The molecule has 0 bridgehead atoms. The minimum atomic E-state index is -0.789. The van der Waals surface area contributed by atoms with Crippen LogP contribution in [0.25, 0.3) is 0 Å². The van der Waals surface area contributed by atoms with Crippen molar-refractivity contribution in [3.63, 3.8) is 0 Å². The second kappa shape index (κ2) is 4.50. The van der Waals surface area contributed by atoms with Gasteiger partial charge in [0.05, 0.1) is 0 Å². The third-order valence-electron chi connectivity index (χ3n) is 1.49. The standard InChI is InChI=1S/C8H10AsNS2/c1-2-4-8(5-3-1)10-9-11-6-7-12-9/h1-5,10H,6-7H2. The van der Waals surface area contributed by atoms with Crippen molar-refractivity contribution < 1.29 is 0 Å². The molecule has 1 saturated heterocycles. The number of para-hydroxylation sites is 1. The van der Waals surface area contributed by atoms with Gasteiger partial charge in [0, 0.05) is 0 Å². The van der Waals surface area contributed by atoms with Crippen LogP contribution in [0.5, 0.6) is 0 Å². The van der Waals surface area contributed by atoms with Gasteiger partial charge in [0.1, 0.15) is 0 Å². The summed E-state index contributed by atoms with van der Waals surface area (Å²) >= 11 is -0.789. The van der Waals surface area contributed by atoms with E-state index in [9.17, 15) is 0 Å². The van der Waals surface area contributed by atoms with Crippen LogP contribution in [0.4, 0.5) is 5.69 Å². The van der Waals surface area contributed by atoms with Gasteiger partial charge in [0.25, 0.3) is 0 Å². The SMILES string of the molecule is c1ccc(N[As]2SCCS2)cc1. The molecule has 1 aromatic carbocycles. The van der Waals surface area contributed by atoms with Crippen molar-refractivity contribution in [3.05, 3.63) is 30.3 Å². The Kier molecular flexibility index (Phi) is 3.32. The van der Waals surface area contributed by atoms with Crippen LogP contribution in [0, 0.1) is 0 Å². The zero-order valence-corrected chi connectivity index (χ0v) is 10.1. The van der Waals surface area contributed by atoms with E-state index in [1.165, 1.54) is 17.2 Å². The van der Waals surface area contributed by atoms with E-state index >= 15 is 0 Å². The van der Waals surface area contributed by atoms with E-state index < -0.39 is 12.6 Å². The van der Waals surface area contributed by atoms with E-state index in [4.69, 9.17) is 0 Å². The minimum absolute atomic E-state index is 0.789. The molecule has 4 heteroatoms. The fraction of sp³-hybridized carbons (Fsp3) is 0.250. The molecule has 2 rings (SSSR count). The molecular weight excluding hydrogens is 249 g/mol. The fourth-order valence-corrected chi connectivity index (χ4v) is 13.6. The molecule has 1 fully saturated rings. The molecule has 1 nitrogen and oxygen atoms in total. The Morgan fingerprint density at radius 1 is 1.08 bits per heavy atom. The summed E-state index contributed by atoms with van der Waals surface area (Å²) in [6, 6.07) is 10.5. The van der Waals surface area contributed by atoms with Crippen LogP contribution in [0.15, 0.2) is 30.3 Å². The molecular formula is C8H10AsNS2. The van der Waals surface area contributed by atoms with Crippen LogP contribution in [0.3, 0.4) is 0 Å². The summed E-state index contributed by atoms with van der Waals surface area (Å²) < 4.78 is 3.61. The van der Waals surface area contributed by atoms with Gasteiger partial charge in [-0.25, -0.2) is 0 Å². The van der Waals surface area contributed by atoms with Crippen molar-refractivity contribution in [2.24, 2.45) is 0 Å². The first kappa shape index (κ1) is 8.86. The van der Waals surface area contributed by atoms with Crippen LogP contribution in [-0.4, -0.2) is 24.1 Å². The summed E-state index contributed by atoms with van der Waals surface area (Å²) in [4.78, 5) is 0. The van der Waals surface area contributed by atoms with Gasteiger partial charge in [0.15, 0.2) is 0 Å². The second-order valence-electron chi connectivity index (χ2n) is 2.40. The predicted octanol–water partition coefficient (Wildman–Crippen LogP) is 2.56. The quantitative estimate of drug-likeness (QED) is 0.820. The van der Waals surface area contributed by atoms with Crippen LogP contribution in [0.1, 0.15) is 0 Å². The van der Waals surface area contributed by atoms with Crippen LogP contribution >= 0.6 is 20.0 Å². The van der Waals surface area contributed by atoms with Crippen molar-refractivity contribution in [2.45, 2.75) is 0 Å². The first-order chi connectivity index (χ1) is 5.95. The number of anilines is 1. The fourth-order valence-electron chi connectivity index (χ4n) is 0.960. The van der Waals surface area contributed by atoms with Gasteiger partial charge < -0.3 is 0 Å². The number of hydrogen-bond donors (Lipinski definition) is 1. The molecule has 0 saturated carbocycles. The Balaban J connectivity index is 1.94. The van der Waals surface area contributed by atoms with E-state index in [0.29, 0.717) is 0 Å². The maximum absolute atomic E-state index is 3.61. The van der Waals surface area contributed by atoms with E-state index in [1.807, 2.05) is 0 Å². The first-order valence-corrected chi connectivity index (χ1v) is 11.2. The molecule has 64 valence electrons. The summed E-state index contributed by atoms with van der Waals surface area (Å²) in [5, 5.41) is 0. The van der Waals surface area contributed by atoms with Crippen molar-refractivity contribution in [3.8, 4) is 0 Å². The number of rotatable bonds is 2. The molecule has 1 aromatic rings. The molecule has 0 spiro atoms. The molecule has 0 aromatic heterocycles. The van der Waals surface area contributed by atoms with Gasteiger partial charge in [-0.2, -0.15) is 0 Å². The van der Waals surface area contributed by atoms with Crippen molar-refractivity contribution in [1.82, 2.24) is 0 Å². The van der Waals surface area contributed by atoms with Crippen LogP contribution < -0.4 is 4.23 Å². The predicted molar refractivity (Wildman–Crippen MR) is 60.7 cm³/mol. The summed E-state index contributed by atoms with van der Waals surface area (Å²) in [5.74, 6) is 2.68. The van der Waals surface area contributed by atoms with Gasteiger partial charge in [-0.15, -0.1) is 0 Å².